The Morgan fingerprint density at radius 3 is 2.69 bits per heavy atom. The van der Waals surface area contributed by atoms with Crippen LogP contribution in [0.2, 0.25) is 0 Å². The lowest BCUT2D eigenvalue weighted by atomic mass is 9.96. The van der Waals surface area contributed by atoms with E-state index in [-0.39, 0.29) is 12.6 Å². The number of urea groups is 1. The van der Waals surface area contributed by atoms with E-state index in [1.807, 2.05) is 0 Å². The number of aliphatic hydroxyl groups is 1. The van der Waals surface area contributed by atoms with Gasteiger partial charge in [0.15, 0.2) is 0 Å². The molecule has 1 saturated carbocycles. The van der Waals surface area contributed by atoms with Gasteiger partial charge in [-0.1, -0.05) is 19.3 Å². The van der Waals surface area contributed by atoms with Crippen molar-refractivity contribution in [1.82, 2.24) is 10.6 Å². The molecule has 5 nitrogen and oxygen atoms in total. The van der Waals surface area contributed by atoms with Crippen LogP contribution in [-0.4, -0.2) is 43.5 Å². The SMILES string of the molecule is O=C(NCCOCCO)NC1CCCCC1. The average molecular weight is 230 g/mol. The second kappa shape index (κ2) is 8.35. The highest BCUT2D eigenvalue weighted by Gasteiger charge is 2.14. The number of rotatable bonds is 6. The van der Waals surface area contributed by atoms with Gasteiger partial charge in [-0.25, -0.2) is 4.79 Å². The van der Waals surface area contributed by atoms with Gasteiger partial charge in [0.1, 0.15) is 0 Å². The summed E-state index contributed by atoms with van der Waals surface area (Å²) >= 11 is 0. The van der Waals surface area contributed by atoms with Crippen molar-refractivity contribution >= 4 is 6.03 Å². The summed E-state index contributed by atoms with van der Waals surface area (Å²) in [6, 6.07) is 0.228. The first-order chi connectivity index (χ1) is 7.83. The van der Waals surface area contributed by atoms with Crippen molar-refractivity contribution < 1.29 is 14.6 Å². The molecule has 0 saturated heterocycles. The van der Waals surface area contributed by atoms with Crippen molar-refractivity contribution in [2.75, 3.05) is 26.4 Å². The van der Waals surface area contributed by atoms with E-state index in [2.05, 4.69) is 10.6 Å². The normalized spacial score (nSPS) is 17.1. The Morgan fingerprint density at radius 1 is 1.25 bits per heavy atom. The van der Waals surface area contributed by atoms with E-state index in [4.69, 9.17) is 9.84 Å². The minimum Gasteiger partial charge on any atom is -0.394 e. The third-order valence-corrected chi connectivity index (χ3v) is 2.71. The molecule has 0 aromatic heterocycles. The predicted molar refractivity (Wildman–Crippen MR) is 61.3 cm³/mol. The summed E-state index contributed by atoms with van der Waals surface area (Å²) < 4.78 is 5.03. The Balaban J connectivity index is 1.97. The first-order valence-corrected chi connectivity index (χ1v) is 6.06. The smallest absolute Gasteiger partial charge is 0.315 e. The van der Waals surface area contributed by atoms with Gasteiger partial charge in [0, 0.05) is 12.6 Å². The summed E-state index contributed by atoms with van der Waals surface area (Å²) in [5, 5.41) is 14.2. The molecule has 0 atom stereocenters. The van der Waals surface area contributed by atoms with Gasteiger partial charge in [0.05, 0.1) is 19.8 Å². The van der Waals surface area contributed by atoms with E-state index in [0.717, 1.165) is 12.8 Å². The molecular weight excluding hydrogens is 208 g/mol. The van der Waals surface area contributed by atoms with Gasteiger partial charge in [-0.05, 0) is 12.8 Å². The Labute approximate surface area is 96.6 Å². The van der Waals surface area contributed by atoms with Crippen LogP contribution < -0.4 is 10.6 Å². The Kier molecular flexibility index (Phi) is 6.92. The van der Waals surface area contributed by atoms with E-state index < -0.39 is 0 Å². The Bertz CT molecular complexity index is 194. The number of hydrogen-bond acceptors (Lipinski definition) is 3. The number of ether oxygens (including phenoxy) is 1. The van der Waals surface area contributed by atoms with Crippen molar-refractivity contribution in [2.45, 2.75) is 38.1 Å². The largest absolute Gasteiger partial charge is 0.394 e. The van der Waals surface area contributed by atoms with Gasteiger partial charge in [-0.2, -0.15) is 0 Å². The van der Waals surface area contributed by atoms with Crippen LogP contribution >= 0.6 is 0 Å². The Morgan fingerprint density at radius 2 is 2.00 bits per heavy atom. The van der Waals surface area contributed by atoms with Crippen LogP contribution in [0.3, 0.4) is 0 Å². The molecule has 5 heteroatoms. The lowest BCUT2D eigenvalue weighted by Gasteiger charge is -2.22. The number of aliphatic hydroxyl groups excluding tert-OH is 1. The minimum absolute atomic E-state index is 0.0221. The highest BCUT2D eigenvalue weighted by atomic mass is 16.5. The van der Waals surface area contributed by atoms with Gasteiger partial charge in [0.2, 0.25) is 0 Å². The second-order valence-corrected chi connectivity index (χ2v) is 4.07. The molecule has 1 rings (SSSR count). The molecule has 16 heavy (non-hydrogen) atoms. The molecule has 1 aliphatic carbocycles. The summed E-state index contributed by atoms with van der Waals surface area (Å²) in [7, 11) is 0. The van der Waals surface area contributed by atoms with Crippen LogP contribution in [-0.2, 0) is 4.74 Å². The maximum Gasteiger partial charge on any atom is 0.315 e. The molecule has 3 N–H and O–H groups in total. The third-order valence-electron chi connectivity index (χ3n) is 2.71. The maximum atomic E-state index is 11.4. The highest BCUT2D eigenvalue weighted by molar-refractivity contribution is 5.74. The van der Waals surface area contributed by atoms with Crippen molar-refractivity contribution in [1.29, 1.82) is 0 Å². The van der Waals surface area contributed by atoms with Crippen molar-refractivity contribution in [3.05, 3.63) is 0 Å². The molecule has 0 spiro atoms. The first kappa shape index (κ1) is 13.3. The van der Waals surface area contributed by atoms with Gasteiger partial charge in [-0.15, -0.1) is 0 Å². The third kappa shape index (κ3) is 5.92. The van der Waals surface area contributed by atoms with Crippen LogP contribution in [0.15, 0.2) is 0 Å². The summed E-state index contributed by atoms with van der Waals surface area (Å²) in [6.45, 7) is 1.28. The van der Waals surface area contributed by atoms with Crippen LogP contribution in [0.4, 0.5) is 4.79 Å². The van der Waals surface area contributed by atoms with Crippen molar-refractivity contribution in [3.63, 3.8) is 0 Å². The van der Waals surface area contributed by atoms with E-state index in [0.29, 0.717) is 25.8 Å². The van der Waals surface area contributed by atoms with Gasteiger partial charge in [-0.3, -0.25) is 0 Å². The van der Waals surface area contributed by atoms with Crippen molar-refractivity contribution in [3.8, 4) is 0 Å². The van der Waals surface area contributed by atoms with E-state index in [1.165, 1.54) is 19.3 Å². The molecule has 0 unspecified atom stereocenters. The molecule has 0 heterocycles. The topological polar surface area (TPSA) is 70.6 Å². The molecule has 0 aromatic carbocycles. The zero-order valence-corrected chi connectivity index (χ0v) is 9.71. The summed E-state index contributed by atoms with van der Waals surface area (Å²) in [4.78, 5) is 11.4. The van der Waals surface area contributed by atoms with Crippen LogP contribution in [0.5, 0.6) is 0 Å². The maximum absolute atomic E-state index is 11.4. The zero-order chi connectivity index (χ0) is 11.6. The molecule has 2 amide bonds. The average Bonchev–Trinajstić information content (AvgIpc) is 2.30. The molecule has 0 radical (unpaired) electrons. The van der Waals surface area contributed by atoms with Crippen LogP contribution in [0, 0.1) is 0 Å². The number of carbonyl (C=O) groups excluding carboxylic acids is 1. The first-order valence-electron chi connectivity index (χ1n) is 6.06. The molecule has 1 fully saturated rings. The second-order valence-electron chi connectivity index (χ2n) is 4.07. The number of carbonyl (C=O) groups is 1. The van der Waals surface area contributed by atoms with Crippen LogP contribution in [0.25, 0.3) is 0 Å². The summed E-state index contributed by atoms with van der Waals surface area (Å²) in [5.74, 6) is 0. The minimum atomic E-state index is -0.112. The molecule has 0 aliphatic heterocycles. The summed E-state index contributed by atoms with van der Waals surface area (Å²) in [5.41, 5.74) is 0. The number of hydrogen-bond donors (Lipinski definition) is 3. The van der Waals surface area contributed by atoms with Crippen molar-refractivity contribution in [2.24, 2.45) is 0 Å². The quantitative estimate of drug-likeness (QED) is 0.586. The number of amides is 2. The predicted octanol–water partition coefficient (Wildman–Crippen LogP) is 0.627. The molecule has 0 bridgehead atoms. The van der Waals surface area contributed by atoms with E-state index in [1.54, 1.807) is 0 Å². The van der Waals surface area contributed by atoms with Crippen LogP contribution in [0.1, 0.15) is 32.1 Å². The summed E-state index contributed by atoms with van der Waals surface area (Å²) in [6.07, 6.45) is 5.90. The number of nitrogens with one attached hydrogen (secondary N) is 2. The molecule has 1 aliphatic rings. The van der Waals surface area contributed by atoms with Gasteiger partial charge in [0.25, 0.3) is 0 Å². The lowest BCUT2D eigenvalue weighted by molar-refractivity contribution is 0.0946. The van der Waals surface area contributed by atoms with Gasteiger partial charge >= 0.3 is 6.03 Å². The lowest BCUT2D eigenvalue weighted by Crippen LogP contribution is -2.43. The standard InChI is InChI=1S/C11H22N2O3/c14-7-9-16-8-6-12-11(15)13-10-4-2-1-3-5-10/h10,14H,1-9H2,(H2,12,13,15). The zero-order valence-electron chi connectivity index (χ0n) is 9.71. The fourth-order valence-electron chi connectivity index (χ4n) is 1.89. The monoisotopic (exact) mass is 230 g/mol. The van der Waals surface area contributed by atoms with E-state index in [9.17, 15) is 4.79 Å². The molecular formula is C11H22N2O3. The molecule has 0 aromatic rings. The van der Waals surface area contributed by atoms with Gasteiger partial charge < -0.3 is 20.5 Å². The fraction of sp³-hybridized carbons (Fsp3) is 0.909. The fourth-order valence-corrected chi connectivity index (χ4v) is 1.89. The Hall–Kier alpha value is -0.810. The van der Waals surface area contributed by atoms with E-state index >= 15 is 0 Å². The highest BCUT2D eigenvalue weighted by Crippen LogP contribution is 2.16. The molecule has 94 valence electrons.